The number of rotatable bonds is 4. The quantitative estimate of drug-likeness (QED) is 0.891. The highest BCUT2D eigenvalue weighted by molar-refractivity contribution is 8.14. The summed E-state index contributed by atoms with van der Waals surface area (Å²) < 4.78 is 0. The van der Waals surface area contributed by atoms with Crippen LogP contribution in [-0.2, 0) is 9.59 Å². The number of para-hydroxylation sites is 1. The summed E-state index contributed by atoms with van der Waals surface area (Å²) in [7, 11) is 0. The number of carbonyl (C=O) groups is 2. The number of carbonyl (C=O) groups excluding carboxylic acids is 2. The molecule has 0 bridgehead atoms. The number of halogens is 1. The zero-order valence-corrected chi connectivity index (χ0v) is 14.9. The minimum Gasteiger partial charge on any atom is -0.353 e. The number of benzene rings is 1. The number of hydrogen-bond donors (Lipinski definition) is 1. The van der Waals surface area contributed by atoms with Crippen molar-refractivity contribution in [3.63, 3.8) is 0 Å². The number of nitrogens with one attached hydrogen (secondary N) is 1. The van der Waals surface area contributed by atoms with Crippen LogP contribution in [0.25, 0.3) is 0 Å². The molecular weight excluding hydrogens is 346 g/mol. The maximum atomic E-state index is 12.1. The molecule has 5 nitrogen and oxygen atoms in total. The fourth-order valence-electron chi connectivity index (χ4n) is 3.01. The summed E-state index contributed by atoms with van der Waals surface area (Å²) in [6.07, 6.45) is 5.73. The highest BCUT2D eigenvalue weighted by atomic mass is 35.5. The zero-order valence-electron chi connectivity index (χ0n) is 13.3. The maximum Gasteiger partial charge on any atom is 0.254 e. The summed E-state index contributed by atoms with van der Waals surface area (Å²) in [4.78, 5) is 30.0. The van der Waals surface area contributed by atoms with E-state index in [0.29, 0.717) is 21.9 Å². The van der Waals surface area contributed by atoms with Crippen LogP contribution in [0.1, 0.15) is 32.1 Å². The molecular formula is C17H20ClN3O2S. The van der Waals surface area contributed by atoms with Crippen molar-refractivity contribution in [3.8, 4) is 0 Å². The third-order valence-corrected chi connectivity index (χ3v) is 5.48. The molecule has 0 saturated heterocycles. The van der Waals surface area contributed by atoms with Gasteiger partial charge in [0.25, 0.3) is 5.91 Å². The van der Waals surface area contributed by atoms with Gasteiger partial charge in [-0.25, -0.2) is 0 Å². The molecule has 1 aromatic carbocycles. The standard InChI is InChI=1S/C17H20ClN3O2S/c18-13-8-4-5-9-14(13)21-16(23)10-19-17(21)24-11-15(22)20-12-6-2-1-3-7-12/h4-5,8-9,12H,1-3,6-7,10-11H2,(H,20,22). The topological polar surface area (TPSA) is 61.8 Å². The Labute approximate surface area is 150 Å². The van der Waals surface area contributed by atoms with E-state index < -0.39 is 0 Å². The largest absolute Gasteiger partial charge is 0.353 e. The van der Waals surface area contributed by atoms with Crippen molar-refractivity contribution < 1.29 is 9.59 Å². The lowest BCUT2D eigenvalue weighted by molar-refractivity contribution is -0.119. The van der Waals surface area contributed by atoms with Gasteiger partial charge in [0.15, 0.2) is 5.17 Å². The third-order valence-electron chi connectivity index (χ3n) is 4.19. The molecule has 0 spiro atoms. The smallest absolute Gasteiger partial charge is 0.254 e. The average molecular weight is 366 g/mol. The van der Waals surface area contributed by atoms with Gasteiger partial charge < -0.3 is 5.32 Å². The lowest BCUT2D eigenvalue weighted by Gasteiger charge is -2.23. The minimum absolute atomic E-state index is 0.00643. The molecule has 1 N–H and O–H groups in total. The predicted octanol–water partition coefficient (Wildman–Crippen LogP) is 3.22. The van der Waals surface area contributed by atoms with E-state index in [1.165, 1.54) is 35.9 Å². The Hall–Kier alpha value is -1.53. The summed E-state index contributed by atoms with van der Waals surface area (Å²) in [5, 5.41) is 4.10. The number of hydrogen-bond acceptors (Lipinski definition) is 4. The lowest BCUT2D eigenvalue weighted by atomic mass is 9.95. The van der Waals surface area contributed by atoms with Crippen molar-refractivity contribution in [3.05, 3.63) is 29.3 Å². The second-order valence-corrected chi connectivity index (χ2v) is 7.32. The van der Waals surface area contributed by atoms with Gasteiger partial charge in [0, 0.05) is 6.04 Å². The fraction of sp³-hybridized carbons (Fsp3) is 0.471. The highest BCUT2D eigenvalue weighted by Gasteiger charge is 2.29. The Balaban J connectivity index is 1.58. The van der Waals surface area contributed by atoms with Crippen molar-refractivity contribution in [2.24, 2.45) is 4.99 Å². The summed E-state index contributed by atoms with van der Waals surface area (Å²) in [6, 6.07) is 7.45. The van der Waals surface area contributed by atoms with Crippen LogP contribution in [-0.4, -0.2) is 35.3 Å². The number of aliphatic imine (C=N–C) groups is 1. The number of thioether (sulfide) groups is 1. The molecule has 2 amide bonds. The van der Waals surface area contributed by atoms with Crippen molar-refractivity contribution in [2.75, 3.05) is 17.2 Å². The maximum absolute atomic E-state index is 12.1. The first kappa shape index (κ1) is 17.3. The molecule has 1 fully saturated rings. The molecule has 7 heteroatoms. The van der Waals surface area contributed by atoms with Crippen molar-refractivity contribution >= 4 is 46.0 Å². The third kappa shape index (κ3) is 4.11. The number of amides is 2. The molecule has 3 rings (SSSR count). The Morgan fingerprint density at radius 2 is 2.04 bits per heavy atom. The van der Waals surface area contributed by atoms with Gasteiger partial charge in [-0.3, -0.25) is 19.5 Å². The average Bonchev–Trinajstić information content (AvgIpc) is 2.95. The van der Waals surface area contributed by atoms with Gasteiger partial charge in [-0.1, -0.05) is 54.8 Å². The van der Waals surface area contributed by atoms with Gasteiger partial charge >= 0.3 is 0 Å². The van der Waals surface area contributed by atoms with Crippen LogP contribution in [0, 0.1) is 0 Å². The van der Waals surface area contributed by atoms with Crippen molar-refractivity contribution in [1.82, 2.24) is 5.32 Å². The normalized spacial score (nSPS) is 18.6. The van der Waals surface area contributed by atoms with Gasteiger partial charge in [-0.05, 0) is 25.0 Å². The molecule has 1 aromatic rings. The van der Waals surface area contributed by atoms with Crippen molar-refractivity contribution in [2.45, 2.75) is 38.1 Å². The molecule has 0 atom stereocenters. The van der Waals surface area contributed by atoms with E-state index in [2.05, 4.69) is 10.3 Å². The van der Waals surface area contributed by atoms with Gasteiger partial charge in [0.1, 0.15) is 6.54 Å². The molecule has 24 heavy (non-hydrogen) atoms. The Bertz CT molecular complexity index is 659. The van der Waals surface area contributed by atoms with E-state index in [1.807, 2.05) is 12.1 Å². The van der Waals surface area contributed by atoms with Gasteiger partial charge in [-0.15, -0.1) is 0 Å². The summed E-state index contributed by atoms with van der Waals surface area (Å²) in [5.41, 5.74) is 0.612. The zero-order chi connectivity index (χ0) is 16.9. The first-order chi connectivity index (χ1) is 11.6. The Morgan fingerprint density at radius 1 is 1.29 bits per heavy atom. The molecule has 1 aliphatic heterocycles. The van der Waals surface area contributed by atoms with E-state index in [0.717, 1.165) is 12.8 Å². The number of amidine groups is 1. The molecule has 1 aliphatic carbocycles. The predicted molar refractivity (Wildman–Crippen MR) is 98.7 cm³/mol. The fourth-order valence-corrected chi connectivity index (χ4v) is 4.06. The summed E-state index contributed by atoms with van der Waals surface area (Å²) >= 11 is 7.47. The molecule has 0 unspecified atom stereocenters. The minimum atomic E-state index is -0.127. The van der Waals surface area contributed by atoms with E-state index in [9.17, 15) is 9.59 Å². The van der Waals surface area contributed by atoms with Gasteiger partial charge in [0.05, 0.1) is 16.5 Å². The molecule has 2 aliphatic rings. The summed E-state index contributed by atoms with van der Waals surface area (Å²) in [6.45, 7) is 0.0950. The van der Waals surface area contributed by atoms with Crippen LogP contribution < -0.4 is 10.2 Å². The van der Waals surface area contributed by atoms with Crippen LogP contribution in [0.5, 0.6) is 0 Å². The van der Waals surface area contributed by atoms with Crippen LogP contribution in [0.15, 0.2) is 29.3 Å². The van der Waals surface area contributed by atoms with Crippen molar-refractivity contribution in [1.29, 1.82) is 0 Å². The first-order valence-electron chi connectivity index (χ1n) is 8.19. The Morgan fingerprint density at radius 3 is 2.79 bits per heavy atom. The number of nitrogens with zero attached hydrogens (tertiary/aromatic N) is 2. The van der Waals surface area contributed by atoms with Crippen LogP contribution in [0.2, 0.25) is 5.02 Å². The van der Waals surface area contributed by atoms with Gasteiger partial charge in [-0.2, -0.15) is 0 Å². The molecule has 1 saturated carbocycles. The van der Waals surface area contributed by atoms with E-state index in [-0.39, 0.29) is 24.1 Å². The van der Waals surface area contributed by atoms with Crippen LogP contribution >= 0.6 is 23.4 Å². The van der Waals surface area contributed by atoms with E-state index in [1.54, 1.807) is 12.1 Å². The highest BCUT2D eigenvalue weighted by Crippen LogP contribution is 2.30. The lowest BCUT2D eigenvalue weighted by Crippen LogP contribution is -2.38. The monoisotopic (exact) mass is 365 g/mol. The number of anilines is 1. The molecule has 0 aromatic heterocycles. The Kier molecular flexibility index (Phi) is 5.79. The molecule has 128 valence electrons. The summed E-state index contributed by atoms with van der Waals surface area (Å²) in [5.74, 6) is 0.121. The second-order valence-electron chi connectivity index (χ2n) is 5.97. The van der Waals surface area contributed by atoms with E-state index >= 15 is 0 Å². The van der Waals surface area contributed by atoms with E-state index in [4.69, 9.17) is 11.6 Å². The van der Waals surface area contributed by atoms with Crippen LogP contribution in [0.3, 0.4) is 0 Å². The molecule has 1 heterocycles. The SMILES string of the molecule is O=C(CSC1=NCC(=O)N1c1ccccc1Cl)NC1CCCCC1. The second kappa shape index (κ2) is 8.03. The first-order valence-corrected chi connectivity index (χ1v) is 9.55. The molecule has 0 radical (unpaired) electrons. The van der Waals surface area contributed by atoms with Gasteiger partial charge in [0.2, 0.25) is 5.91 Å². The van der Waals surface area contributed by atoms with Crippen LogP contribution in [0.4, 0.5) is 5.69 Å².